The number of rotatable bonds is 12. The van der Waals surface area contributed by atoms with Gasteiger partial charge in [0.2, 0.25) is 0 Å². The fourth-order valence-corrected chi connectivity index (χ4v) is 6.88. The molecule has 3 heteroatoms. The molecule has 202 valence electrons. The van der Waals surface area contributed by atoms with Crippen LogP contribution in [0.1, 0.15) is 129 Å². The summed E-state index contributed by atoms with van der Waals surface area (Å²) in [5, 5.41) is 23.2. The van der Waals surface area contributed by atoms with Gasteiger partial charge in [0, 0.05) is 16.3 Å². The third kappa shape index (κ3) is 7.14. The third-order valence-electron chi connectivity index (χ3n) is 8.36. The highest BCUT2D eigenvalue weighted by Gasteiger charge is 2.37. The average molecular weight is 513 g/mol. The van der Waals surface area contributed by atoms with Crippen molar-refractivity contribution in [3.8, 4) is 5.75 Å². The lowest BCUT2D eigenvalue weighted by molar-refractivity contribution is 0.283. The third-order valence-corrected chi connectivity index (χ3v) is 10.2. The number of unbranched alkanes of at least 4 members (excludes halogenated alkanes) is 2. The summed E-state index contributed by atoms with van der Waals surface area (Å²) in [6.45, 7) is 22.7. The van der Waals surface area contributed by atoms with Crippen molar-refractivity contribution in [2.45, 2.75) is 130 Å². The summed E-state index contributed by atoms with van der Waals surface area (Å²) in [5.74, 6) is 0.953. The molecule has 0 fully saturated rings. The summed E-state index contributed by atoms with van der Waals surface area (Å²) < 4.78 is 0. The van der Waals surface area contributed by atoms with Crippen LogP contribution in [0.25, 0.3) is 0 Å². The molecule has 0 aliphatic heterocycles. The van der Waals surface area contributed by atoms with E-state index in [1.165, 1.54) is 29.3 Å². The first-order chi connectivity index (χ1) is 16.7. The van der Waals surface area contributed by atoms with Crippen LogP contribution >= 0.6 is 8.58 Å². The van der Waals surface area contributed by atoms with Crippen LogP contribution in [0.15, 0.2) is 30.3 Å². The molecule has 0 saturated heterocycles. The number of phenols is 1. The van der Waals surface area contributed by atoms with Crippen molar-refractivity contribution in [2.75, 3.05) is 0 Å². The zero-order valence-electron chi connectivity index (χ0n) is 24.8. The van der Waals surface area contributed by atoms with Crippen LogP contribution in [-0.2, 0) is 22.6 Å². The molecule has 0 amide bonds. The first-order valence-corrected chi connectivity index (χ1v) is 15.1. The van der Waals surface area contributed by atoms with E-state index in [4.69, 9.17) is 0 Å². The van der Waals surface area contributed by atoms with Crippen molar-refractivity contribution in [3.63, 3.8) is 0 Å². The van der Waals surface area contributed by atoms with Gasteiger partial charge in [-0.15, -0.1) is 0 Å². The zero-order chi connectivity index (χ0) is 27.3. The van der Waals surface area contributed by atoms with Gasteiger partial charge in [-0.1, -0.05) is 132 Å². The summed E-state index contributed by atoms with van der Waals surface area (Å²) in [6, 6.07) is 11.0. The standard InChI is InChI=1S/C33H53O2P/c1-11-13-15-24(4)32(8,9)27-20-26(31(5,6)7)21-28(30(27)35)33(10,18-14-12-2)36-29-17-16-23(3)19-25(29)22-34/h16-17,19-21,24,34-36H,11-15,18,22H2,1-10H3. The topological polar surface area (TPSA) is 40.5 Å². The molecule has 0 spiro atoms. The van der Waals surface area contributed by atoms with Crippen LogP contribution < -0.4 is 5.30 Å². The molecule has 2 rings (SSSR count). The van der Waals surface area contributed by atoms with Crippen LogP contribution in [-0.4, -0.2) is 10.2 Å². The van der Waals surface area contributed by atoms with Gasteiger partial charge in [0.05, 0.1) is 6.61 Å². The van der Waals surface area contributed by atoms with E-state index in [9.17, 15) is 10.2 Å². The molecular formula is C33H53O2P. The second kappa shape index (κ2) is 12.4. The smallest absolute Gasteiger partial charge is 0.123 e. The van der Waals surface area contributed by atoms with Crippen LogP contribution in [0, 0.1) is 12.8 Å². The maximum absolute atomic E-state index is 12.0. The summed E-state index contributed by atoms with van der Waals surface area (Å²) in [6.07, 6.45) is 6.80. The van der Waals surface area contributed by atoms with Gasteiger partial charge in [-0.05, 0) is 52.9 Å². The maximum atomic E-state index is 12.0. The van der Waals surface area contributed by atoms with Gasteiger partial charge in [0.25, 0.3) is 0 Å². The number of aryl methyl sites for hydroxylation is 1. The lowest BCUT2D eigenvalue weighted by Gasteiger charge is -2.39. The minimum absolute atomic E-state index is 0.0190. The number of aromatic hydroxyl groups is 1. The zero-order valence-corrected chi connectivity index (χ0v) is 25.8. The van der Waals surface area contributed by atoms with E-state index in [0.29, 0.717) is 20.2 Å². The number of benzene rings is 2. The monoisotopic (exact) mass is 512 g/mol. The fourth-order valence-electron chi connectivity index (χ4n) is 5.18. The number of aliphatic hydroxyl groups is 1. The Hall–Kier alpha value is -1.37. The van der Waals surface area contributed by atoms with Gasteiger partial charge < -0.3 is 10.2 Å². The Balaban J connectivity index is 2.77. The second-order valence-electron chi connectivity index (χ2n) is 12.8. The Labute approximate surface area is 224 Å². The van der Waals surface area contributed by atoms with Crippen molar-refractivity contribution in [3.05, 3.63) is 58.1 Å². The number of aliphatic hydroxyl groups excluding tert-OH is 1. The summed E-state index contributed by atoms with van der Waals surface area (Å²) in [7, 11) is 0.469. The first kappa shape index (κ1) is 30.9. The Kier molecular flexibility index (Phi) is 10.7. The maximum Gasteiger partial charge on any atom is 0.123 e. The van der Waals surface area contributed by atoms with E-state index in [0.717, 1.165) is 42.4 Å². The van der Waals surface area contributed by atoms with Crippen LogP contribution in [0.2, 0.25) is 0 Å². The minimum Gasteiger partial charge on any atom is -0.507 e. The van der Waals surface area contributed by atoms with Crippen molar-refractivity contribution in [1.82, 2.24) is 0 Å². The Morgan fingerprint density at radius 1 is 0.889 bits per heavy atom. The molecule has 0 bridgehead atoms. The molecule has 2 N–H and O–H groups in total. The molecule has 0 aliphatic rings. The molecule has 2 aromatic carbocycles. The van der Waals surface area contributed by atoms with Gasteiger partial charge in [-0.3, -0.25) is 0 Å². The summed E-state index contributed by atoms with van der Waals surface area (Å²) in [5.41, 5.74) is 5.49. The molecule has 0 aliphatic carbocycles. The van der Waals surface area contributed by atoms with E-state index < -0.39 is 0 Å². The van der Waals surface area contributed by atoms with Gasteiger partial charge in [0.15, 0.2) is 0 Å². The molecule has 0 aromatic heterocycles. The molecule has 2 aromatic rings. The van der Waals surface area contributed by atoms with E-state index in [1.54, 1.807) is 0 Å². The van der Waals surface area contributed by atoms with Crippen molar-refractivity contribution < 1.29 is 10.2 Å². The van der Waals surface area contributed by atoms with E-state index in [-0.39, 0.29) is 22.6 Å². The average Bonchev–Trinajstić information content (AvgIpc) is 2.81. The molecule has 3 atom stereocenters. The quantitative estimate of drug-likeness (QED) is 0.279. The Bertz CT molecular complexity index is 1000. The Morgan fingerprint density at radius 2 is 1.50 bits per heavy atom. The molecule has 2 nitrogen and oxygen atoms in total. The fraction of sp³-hybridized carbons (Fsp3) is 0.636. The normalized spacial score (nSPS) is 15.4. The van der Waals surface area contributed by atoms with Crippen molar-refractivity contribution in [1.29, 1.82) is 0 Å². The second-order valence-corrected chi connectivity index (χ2v) is 14.7. The SMILES string of the molecule is CCCCC(C)C(C)(C)c1cc(C(C)(C)C)cc(C(C)(CCCC)Pc2ccc(C)cc2CO)c1O. The van der Waals surface area contributed by atoms with E-state index in [1.807, 2.05) is 0 Å². The summed E-state index contributed by atoms with van der Waals surface area (Å²) >= 11 is 0. The molecule has 0 saturated carbocycles. The van der Waals surface area contributed by atoms with Gasteiger partial charge in [0.1, 0.15) is 5.75 Å². The minimum atomic E-state index is -0.210. The molecule has 36 heavy (non-hydrogen) atoms. The largest absolute Gasteiger partial charge is 0.507 e. The lowest BCUT2D eigenvalue weighted by atomic mass is 9.69. The molecule has 0 heterocycles. The molecular weight excluding hydrogens is 459 g/mol. The number of phenolic OH excluding ortho intramolecular Hbond substituents is 1. The highest BCUT2D eigenvalue weighted by atomic mass is 31.1. The number of hydrogen-bond acceptors (Lipinski definition) is 2. The molecule has 0 radical (unpaired) electrons. The highest BCUT2D eigenvalue weighted by Crippen LogP contribution is 2.52. The van der Waals surface area contributed by atoms with Gasteiger partial charge in [-0.2, -0.15) is 0 Å². The van der Waals surface area contributed by atoms with Crippen molar-refractivity contribution in [2.24, 2.45) is 5.92 Å². The Morgan fingerprint density at radius 3 is 2.06 bits per heavy atom. The van der Waals surface area contributed by atoms with Gasteiger partial charge >= 0.3 is 0 Å². The van der Waals surface area contributed by atoms with Crippen LogP contribution in [0.3, 0.4) is 0 Å². The van der Waals surface area contributed by atoms with E-state index >= 15 is 0 Å². The van der Waals surface area contributed by atoms with Crippen LogP contribution in [0.4, 0.5) is 0 Å². The van der Waals surface area contributed by atoms with E-state index in [2.05, 4.69) is 99.6 Å². The predicted octanol–water partition coefficient (Wildman–Crippen LogP) is 9.00. The predicted molar refractivity (Wildman–Crippen MR) is 160 cm³/mol. The lowest BCUT2D eigenvalue weighted by Crippen LogP contribution is -2.30. The number of hydrogen-bond donors (Lipinski definition) is 2. The van der Waals surface area contributed by atoms with Crippen molar-refractivity contribution >= 4 is 13.9 Å². The highest BCUT2D eigenvalue weighted by molar-refractivity contribution is 7.48. The van der Waals surface area contributed by atoms with Gasteiger partial charge in [-0.25, -0.2) is 0 Å². The molecule has 3 unspecified atom stereocenters. The van der Waals surface area contributed by atoms with Crippen LogP contribution in [0.5, 0.6) is 5.75 Å². The first-order valence-electron chi connectivity index (χ1n) is 14.1. The summed E-state index contributed by atoms with van der Waals surface area (Å²) in [4.78, 5) is 0.